The van der Waals surface area contributed by atoms with Crippen LogP contribution in [0.4, 0.5) is 5.69 Å². The number of rotatable bonds is 4. The number of aryl methyl sites for hydroxylation is 2. The van der Waals surface area contributed by atoms with E-state index in [1.807, 2.05) is 56.3 Å². The van der Waals surface area contributed by atoms with Gasteiger partial charge < -0.3 is 5.32 Å². The van der Waals surface area contributed by atoms with Crippen LogP contribution in [-0.4, -0.2) is 20.7 Å². The third-order valence-electron chi connectivity index (χ3n) is 4.60. The average molecular weight is 437 g/mol. The van der Waals surface area contributed by atoms with Gasteiger partial charge in [-0.05, 0) is 49.7 Å². The van der Waals surface area contributed by atoms with Gasteiger partial charge in [-0.3, -0.25) is 4.79 Å². The molecule has 1 amide bonds. The van der Waals surface area contributed by atoms with Crippen molar-refractivity contribution in [3.63, 3.8) is 0 Å². The van der Waals surface area contributed by atoms with Crippen molar-refractivity contribution >= 4 is 34.8 Å². The molecule has 0 spiro atoms. The van der Waals surface area contributed by atoms with Crippen LogP contribution < -0.4 is 5.32 Å². The summed E-state index contributed by atoms with van der Waals surface area (Å²) in [6.07, 6.45) is 0. The normalized spacial score (nSPS) is 10.8. The Kier molecular flexibility index (Phi) is 5.57. The summed E-state index contributed by atoms with van der Waals surface area (Å²) in [5.41, 5.74) is 4.25. The van der Waals surface area contributed by atoms with Crippen LogP contribution in [0.15, 0.2) is 66.7 Å². The van der Waals surface area contributed by atoms with Crippen LogP contribution in [0.1, 0.15) is 21.7 Å². The van der Waals surface area contributed by atoms with Gasteiger partial charge in [0.25, 0.3) is 5.91 Å². The second-order valence-electron chi connectivity index (χ2n) is 6.93. The highest BCUT2D eigenvalue weighted by molar-refractivity contribution is 6.31. The number of anilines is 1. The number of amides is 1. The first-order chi connectivity index (χ1) is 14.4. The zero-order valence-electron chi connectivity index (χ0n) is 16.4. The molecule has 0 unspecified atom stereocenters. The Morgan fingerprint density at radius 2 is 1.67 bits per heavy atom. The number of nitrogens with one attached hydrogen (secondary N) is 1. The van der Waals surface area contributed by atoms with Gasteiger partial charge in [0.15, 0.2) is 5.82 Å². The summed E-state index contributed by atoms with van der Waals surface area (Å²) in [6.45, 7) is 3.97. The molecule has 150 valence electrons. The third-order valence-corrected chi connectivity index (χ3v) is 5.07. The quantitative estimate of drug-likeness (QED) is 0.419. The van der Waals surface area contributed by atoms with E-state index >= 15 is 0 Å². The summed E-state index contributed by atoms with van der Waals surface area (Å²) in [7, 11) is 0. The van der Waals surface area contributed by atoms with Crippen molar-refractivity contribution in [2.45, 2.75) is 13.8 Å². The zero-order chi connectivity index (χ0) is 21.3. The van der Waals surface area contributed by atoms with E-state index in [0.717, 1.165) is 22.4 Å². The molecule has 1 N–H and O–H groups in total. The highest BCUT2D eigenvalue weighted by Gasteiger charge is 2.20. The topological polar surface area (TPSA) is 59.8 Å². The summed E-state index contributed by atoms with van der Waals surface area (Å²) in [5.74, 6) is 0.172. The molecule has 0 fully saturated rings. The molecule has 0 saturated carbocycles. The number of aromatic nitrogens is 3. The van der Waals surface area contributed by atoms with Crippen molar-refractivity contribution in [3.05, 3.63) is 93.7 Å². The van der Waals surface area contributed by atoms with Gasteiger partial charge in [-0.1, -0.05) is 65.2 Å². The first-order valence-corrected chi connectivity index (χ1v) is 10.0. The highest BCUT2D eigenvalue weighted by Crippen LogP contribution is 2.26. The van der Waals surface area contributed by atoms with E-state index in [2.05, 4.69) is 15.4 Å². The molecule has 0 bridgehead atoms. The van der Waals surface area contributed by atoms with Crippen LogP contribution in [0.25, 0.3) is 17.1 Å². The van der Waals surface area contributed by atoms with Crippen LogP contribution in [0.5, 0.6) is 0 Å². The molecule has 0 aliphatic carbocycles. The van der Waals surface area contributed by atoms with Crippen molar-refractivity contribution in [1.82, 2.24) is 14.8 Å². The predicted octanol–water partition coefficient (Wildman–Crippen LogP) is 6.11. The number of carbonyl (C=O) groups excluding carboxylic acids is 1. The Morgan fingerprint density at radius 1 is 0.933 bits per heavy atom. The minimum Gasteiger partial charge on any atom is -0.319 e. The summed E-state index contributed by atoms with van der Waals surface area (Å²) in [6, 6.07) is 20.3. The number of hydrogen-bond acceptors (Lipinski definition) is 3. The van der Waals surface area contributed by atoms with E-state index in [1.54, 1.807) is 28.9 Å². The predicted molar refractivity (Wildman–Crippen MR) is 121 cm³/mol. The fourth-order valence-corrected chi connectivity index (χ4v) is 3.39. The number of halogens is 2. The molecular weight excluding hydrogens is 419 g/mol. The summed E-state index contributed by atoms with van der Waals surface area (Å²) < 4.78 is 1.65. The van der Waals surface area contributed by atoms with Crippen LogP contribution in [-0.2, 0) is 0 Å². The standard InChI is InChI=1S/C23H18Cl2N4O/c1-14-6-9-16(10-7-14)22-27-21(23(30)26-19-5-3-4-17(24)12-19)28-29(22)20-13-18(25)11-8-15(20)2/h3-13H,1-2H3,(H,26,30). The van der Waals surface area contributed by atoms with E-state index in [1.165, 1.54) is 0 Å². The molecule has 0 aliphatic rings. The lowest BCUT2D eigenvalue weighted by Gasteiger charge is -2.09. The Labute approximate surface area is 184 Å². The minimum atomic E-state index is -0.427. The van der Waals surface area contributed by atoms with Crippen molar-refractivity contribution in [1.29, 1.82) is 0 Å². The molecule has 0 saturated heterocycles. The molecule has 4 rings (SSSR count). The lowest BCUT2D eigenvalue weighted by atomic mass is 10.1. The van der Waals surface area contributed by atoms with Crippen LogP contribution >= 0.6 is 23.2 Å². The van der Waals surface area contributed by atoms with Gasteiger partial charge >= 0.3 is 0 Å². The summed E-state index contributed by atoms with van der Waals surface area (Å²) in [4.78, 5) is 17.4. The second kappa shape index (κ2) is 8.30. The van der Waals surface area contributed by atoms with Crippen LogP contribution in [0, 0.1) is 13.8 Å². The number of carbonyl (C=O) groups is 1. The number of nitrogens with zero attached hydrogens (tertiary/aromatic N) is 3. The molecule has 7 heteroatoms. The lowest BCUT2D eigenvalue weighted by Crippen LogP contribution is -2.14. The van der Waals surface area contributed by atoms with Crippen molar-refractivity contribution in [2.24, 2.45) is 0 Å². The molecule has 5 nitrogen and oxygen atoms in total. The monoisotopic (exact) mass is 436 g/mol. The third kappa shape index (κ3) is 4.22. The van der Waals surface area contributed by atoms with Gasteiger partial charge in [0, 0.05) is 21.3 Å². The first-order valence-electron chi connectivity index (χ1n) is 9.28. The van der Waals surface area contributed by atoms with Gasteiger partial charge in [0.2, 0.25) is 5.82 Å². The Hall–Kier alpha value is -3.15. The maximum Gasteiger partial charge on any atom is 0.295 e. The fraction of sp³-hybridized carbons (Fsp3) is 0.0870. The SMILES string of the molecule is Cc1ccc(-c2nc(C(=O)Nc3cccc(Cl)c3)nn2-c2cc(Cl)ccc2C)cc1. The largest absolute Gasteiger partial charge is 0.319 e. The maximum atomic E-state index is 12.8. The van der Waals surface area contributed by atoms with E-state index in [-0.39, 0.29) is 5.82 Å². The van der Waals surface area contributed by atoms with Gasteiger partial charge in [-0.2, -0.15) is 0 Å². The minimum absolute atomic E-state index is 0.0462. The van der Waals surface area contributed by atoms with Crippen molar-refractivity contribution < 1.29 is 4.79 Å². The van der Waals surface area contributed by atoms with Crippen LogP contribution in [0.2, 0.25) is 10.0 Å². The van der Waals surface area contributed by atoms with E-state index < -0.39 is 5.91 Å². The maximum absolute atomic E-state index is 12.8. The van der Waals surface area contributed by atoms with Gasteiger partial charge in [0.1, 0.15) is 0 Å². The smallest absolute Gasteiger partial charge is 0.295 e. The van der Waals surface area contributed by atoms with Crippen LogP contribution in [0.3, 0.4) is 0 Å². The molecule has 4 aromatic rings. The molecule has 0 radical (unpaired) electrons. The molecule has 30 heavy (non-hydrogen) atoms. The number of benzene rings is 3. The lowest BCUT2D eigenvalue weighted by molar-refractivity contribution is 0.101. The van der Waals surface area contributed by atoms with E-state index in [0.29, 0.717) is 21.6 Å². The zero-order valence-corrected chi connectivity index (χ0v) is 17.9. The highest BCUT2D eigenvalue weighted by atomic mass is 35.5. The molecule has 0 aliphatic heterocycles. The molecule has 3 aromatic carbocycles. The fourth-order valence-electron chi connectivity index (χ4n) is 3.03. The van der Waals surface area contributed by atoms with E-state index in [4.69, 9.17) is 23.2 Å². The molecule has 0 atom stereocenters. The van der Waals surface area contributed by atoms with Gasteiger partial charge in [-0.15, -0.1) is 5.10 Å². The first kappa shape index (κ1) is 20.1. The Bertz CT molecular complexity index is 1230. The molecule has 1 heterocycles. The van der Waals surface area contributed by atoms with Gasteiger partial charge in [-0.25, -0.2) is 9.67 Å². The van der Waals surface area contributed by atoms with Crippen molar-refractivity contribution in [2.75, 3.05) is 5.32 Å². The number of hydrogen-bond donors (Lipinski definition) is 1. The Morgan fingerprint density at radius 3 is 2.40 bits per heavy atom. The van der Waals surface area contributed by atoms with E-state index in [9.17, 15) is 4.79 Å². The summed E-state index contributed by atoms with van der Waals surface area (Å²) in [5, 5.41) is 8.40. The van der Waals surface area contributed by atoms with Gasteiger partial charge in [0.05, 0.1) is 5.69 Å². The average Bonchev–Trinajstić information content (AvgIpc) is 3.16. The molecular formula is C23H18Cl2N4O. The molecule has 1 aromatic heterocycles. The van der Waals surface area contributed by atoms with Crippen molar-refractivity contribution in [3.8, 4) is 17.1 Å². The second-order valence-corrected chi connectivity index (χ2v) is 7.80. The Balaban J connectivity index is 1.80. The summed E-state index contributed by atoms with van der Waals surface area (Å²) >= 11 is 12.2.